The molecule has 0 aromatic heterocycles. The Morgan fingerprint density at radius 2 is 2.00 bits per heavy atom. The van der Waals surface area contributed by atoms with Gasteiger partial charge in [-0.25, -0.2) is 0 Å². The largest absolute Gasteiger partial charge is 0.454 e. The van der Waals surface area contributed by atoms with Gasteiger partial charge < -0.3 is 29.5 Å². The van der Waals surface area contributed by atoms with Crippen molar-refractivity contribution in [3.05, 3.63) is 0 Å². The zero-order chi connectivity index (χ0) is 12.3. The Morgan fingerprint density at radius 3 is 2.44 bits per heavy atom. The van der Waals surface area contributed by atoms with Crippen LogP contribution in [0.4, 0.5) is 0 Å². The molecule has 0 aliphatic carbocycles. The minimum atomic E-state index is -1.36. The quantitative estimate of drug-likeness (QED) is 0.487. The van der Waals surface area contributed by atoms with Gasteiger partial charge in [0, 0.05) is 14.0 Å². The van der Waals surface area contributed by atoms with Crippen LogP contribution in [0.25, 0.3) is 0 Å². The van der Waals surface area contributed by atoms with Crippen LogP contribution in [0.5, 0.6) is 0 Å². The standard InChI is InChI=1S/C9H16O7/c1-4(11)15-8-7(13)6(12)5(3-10)16-9(8)14-2/h5-10,12-13H,3H2,1-2H3/t5-,6-,7+,8-,9-/m1/s1. The Morgan fingerprint density at radius 1 is 1.38 bits per heavy atom. The van der Waals surface area contributed by atoms with E-state index in [1.807, 2.05) is 0 Å². The minimum Gasteiger partial charge on any atom is -0.454 e. The fourth-order valence-corrected chi connectivity index (χ4v) is 1.56. The van der Waals surface area contributed by atoms with Crippen molar-refractivity contribution in [1.82, 2.24) is 0 Å². The third-order valence-electron chi connectivity index (χ3n) is 2.36. The van der Waals surface area contributed by atoms with Crippen LogP contribution in [-0.4, -0.2) is 65.7 Å². The molecule has 0 aromatic rings. The summed E-state index contributed by atoms with van der Waals surface area (Å²) in [6.45, 7) is 0.703. The van der Waals surface area contributed by atoms with E-state index in [4.69, 9.17) is 19.3 Å². The Labute approximate surface area is 92.5 Å². The van der Waals surface area contributed by atoms with Crippen LogP contribution in [0, 0.1) is 0 Å². The topological polar surface area (TPSA) is 105 Å². The second kappa shape index (κ2) is 5.55. The Bertz CT molecular complexity index is 242. The summed E-state index contributed by atoms with van der Waals surface area (Å²) in [7, 11) is 1.31. The van der Waals surface area contributed by atoms with Crippen molar-refractivity contribution in [3.63, 3.8) is 0 Å². The van der Waals surface area contributed by atoms with Gasteiger partial charge in [-0.3, -0.25) is 4.79 Å². The van der Waals surface area contributed by atoms with Gasteiger partial charge in [-0.05, 0) is 0 Å². The predicted molar refractivity (Wildman–Crippen MR) is 50.3 cm³/mol. The second-order valence-corrected chi connectivity index (χ2v) is 3.52. The molecule has 0 radical (unpaired) electrons. The molecule has 3 N–H and O–H groups in total. The summed E-state index contributed by atoms with van der Waals surface area (Å²) in [6, 6.07) is 0. The van der Waals surface area contributed by atoms with E-state index in [0.717, 1.165) is 0 Å². The summed E-state index contributed by atoms with van der Waals surface area (Å²) < 4.78 is 14.8. The minimum absolute atomic E-state index is 0.467. The molecular formula is C9H16O7. The van der Waals surface area contributed by atoms with Gasteiger partial charge in [0.05, 0.1) is 6.61 Å². The number of esters is 1. The van der Waals surface area contributed by atoms with Crippen molar-refractivity contribution in [2.45, 2.75) is 37.6 Å². The van der Waals surface area contributed by atoms with Gasteiger partial charge in [0.1, 0.15) is 18.3 Å². The lowest BCUT2D eigenvalue weighted by Gasteiger charge is -2.40. The molecule has 0 unspecified atom stereocenters. The molecule has 1 fully saturated rings. The second-order valence-electron chi connectivity index (χ2n) is 3.52. The van der Waals surface area contributed by atoms with Crippen LogP contribution < -0.4 is 0 Å². The van der Waals surface area contributed by atoms with E-state index in [0.29, 0.717) is 0 Å². The first-order valence-corrected chi connectivity index (χ1v) is 4.83. The zero-order valence-electron chi connectivity index (χ0n) is 9.07. The molecular weight excluding hydrogens is 220 g/mol. The van der Waals surface area contributed by atoms with Crippen LogP contribution in [0.1, 0.15) is 6.92 Å². The van der Waals surface area contributed by atoms with Gasteiger partial charge >= 0.3 is 5.97 Å². The van der Waals surface area contributed by atoms with Gasteiger partial charge in [-0.2, -0.15) is 0 Å². The summed E-state index contributed by atoms with van der Waals surface area (Å²) in [6.07, 6.45) is -5.79. The smallest absolute Gasteiger partial charge is 0.303 e. The van der Waals surface area contributed by atoms with Crippen LogP contribution in [0.2, 0.25) is 0 Å². The Balaban J connectivity index is 2.77. The highest BCUT2D eigenvalue weighted by Crippen LogP contribution is 2.23. The van der Waals surface area contributed by atoms with Crippen LogP contribution in [0.15, 0.2) is 0 Å². The number of hydrogen-bond acceptors (Lipinski definition) is 7. The van der Waals surface area contributed by atoms with Crippen LogP contribution in [-0.2, 0) is 19.0 Å². The van der Waals surface area contributed by atoms with E-state index in [2.05, 4.69) is 0 Å². The molecule has 0 aromatic carbocycles. The molecule has 0 bridgehead atoms. The maximum atomic E-state index is 10.8. The van der Waals surface area contributed by atoms with E-state index in [1.54, 1.807) is 0 Å². The first-order valence-electron chi connectivity index (χ1n) is 4.83. The fraction of sp³-hybridized carbons (Fsp3) is 0.889. The average molecular weight is 236 g/mol. The highest BCUT2D eigenvalue weighted by molar-refractivity contribution is 5.66. The number of rotatable bonds is 3. The molecule has 1 rings (SSSR count). The number of ether oxygens (including phenoxy) is 3. The maximum Gasteiger partial charge on any atom is 0.303 e. The van der Waals surface area contributed by atoms with E-state index >= 15 is 0 Å². The third kappa shape index (κ3) is 2.69. The summed E-state index contributed by atoms with van der Waals surface area (Å²) >= 11 is 0. The lowest BCUT2D eigenvalue weighted by Crippen LogP contribution is -2.60. The molecule has 94 valence electrons. The molecule has 0 saturated carbocycles. The number of hydrogen-bond donors (Lipinski definition) is 3. The van der Waals surface area contributed by atoms with Gasteiger partial charge in [0.15, 0.2) is 12.4 Å². The van der Waals surface area contributed by atoms with E-state index in [1.165, 1.54) is 14.0 Å². The molecule has 0 spiro atoms. The van der Waals surface area contributed by atoms with Gasteiger partial charge in [0.2, 0.25) is 0 Å². The van der Waals surface area contributed by atoms with E-state index in [-0.39, 0.29) is 0 Å². The molecule has 5 atom stereocenters. The van der Waals surface area contributed by atoms with Crippen molar-refractivity contribution in [1.29, 1.82) is 0 Å². The number of carbonyl (C=O) groups excluding carboxylic acids is 1. The maximum absolute atomic E-state index is 10.8. The van der Waals surface area contributed by atoms with Gasteiger partial charge in [-0.1, -0.05) is 0 Å². The molecule has 7 heteroatoms. The summed E-state index contributed by atoms with van der Waals surface area (Å²) in [4.78, 5) is 10.8. The summed E-state index contributed by atoms with van der Waals surface area (Å²) in [5, 5.41) is 28.1. The molecule has 7 nitrogen and oxygen atoms in total. The highest BCUT2D eigenvalue weighted by atomic mass is 16.7. The SMILES string of the molecule is CO[C@@H]1O[C@H](CO)[C@@H](O)[C@H](O)[C@H]1OC(C)=O. The normalized spacial score (nSPS) is 39.4. The number of aliphatic hydroxyl groups is 3. The predicted octanol–water partition coefficient (Wildman–Crippen LogP) is -2.00. The van der Waals surface area contributed by atoms with E-state index < -0.39 is 43.3 Å². The number of methoxy groups -OCH3 is 1. The van der Waals surface area contributed by atoms with Crippen molar-refractivity contribution < 1.29 is 34.3 Å². The highest BCUT2D eigenvalue weighted by Gasteiger charge is 2.46. The zero-order valence-corrected chi connectivity index (χ0v) is 9.07. The van der Waals surface area contributed by atoms with Crippen molar-refractivity contribution >= 4 is 5.97 Å². The summed E-state index contributed by atoms with van der Waals surface area (Å²) in [5.41, 5.74) is 0. The Kier molecular flexibility index (Phi) is 4.63. The molecule has 16 heavy (non-hydrogen) atoms. The first-order chi connectivity index (χ1) is 7.51. The monoisotopic (exact) mass is 236 g/mol. The molecule has 1 heterocycles. The van der Waals surface area contributed by atoms with Crippen molar-refractivity contribution in [2.75, 3.05) is 13.7 Å². The van der Waals surface area contributed by atoms with Crippen molar-refractivity contribution in [2.24, 2.45) is 0 Å². The lowest BCUT2D eigenvalue weighted by atomic mass is 9.99. The number of carbonyl (C=O) groups is 1. The lowest BCUT2D eigenvalue weighted by molar-refractivity contribution is -0.297. The fourth-order valence-electron chi connectivity index (χ4n) is 1.56. The van der Waals surface area contributed by atoms with Crippen molar-refractivity contribution in [3.8, 4) is 0 Å². The third-order valence-corrected chi connectivity index (χ3v) is 2.36. The first kappa shape index (κ1) is 13.3. The number of aliphatic hydroxyl groups excluding tert-OH is 3. The van der Waals surface area contributed by atoms with Crippen LogP contribution in [0.3, 0.4) is 0 Å². The summed E-state index contributed by atoms with van der Waals surface area (Å²) in [5.74, 6) is -0.621. The van der Waals surface area contributed by atoms with Gasteiger partial charge in [0.25, 0.3) is 0 Å². The van der Waals surface area contributed by atoms with E-state index in [9.17, 15) is 15.0 Å². The van der Waals surface area contributed by atoms with Gasteiger partial charge in [-0.15, -0.1) is 0 Å². The molecule has 1 aliphatic rings. The molecule has 1 saturated heterocycles. The Hall–Kier alpha value is -0.730. The average Bonchev–Trinajstić information content (AvgIpc) is 2.25. The molecule has 1 aliphatic heterocycles. The molecule has 0 amide bonds. The van der Waals surface area contributed by atoms with Crippen LogP contribution >= 0.6 is 0 Å².